The Hall–Kier alpha value is -1.93. The minimum Gasteiger partial charge on any atom is -0.466 e. The van der Waals surface area contributed by atoms with Gasteiger partial charge in [0.2, 0.25) is 0 Å². The number of esters is 1. The lowest BCUT2D eigenvalue weighted by atomic mass is 10.1. The molecule has 2 rings (SSSR count). The number of hydrogen-bond acceptors (Lipinski definition) is 6. The van der Waals surface area contributed by atoms with Crippen LogP contribution in [-0.4, -0.2) is 46.1 Å². The molecule has 0 saturated carbocycles. The van der Waals surface area contributed by atoms with E-state index < -0.39 is 10.9 Å². The van der Waals surface area contributed by atoms with E-state index >= 15 is 0 Å². The van der Waals surface area contributed by atoms with Crippen LogP contribution in [0.5, 0.6) is 0 Å². The molecule has 0 spiro atoms. The minimum absolute atomic E-state index is 0.0115. The van der Waals surface area contributed by atoms with Crippen LogP contribution >= 0.6 is 24.0 Å². The molecular formula is C17H20N2O4S2. The fraction of sp³-hybridized carbons (Fsp3) is 0.412. The third-order valence-electron chi connectivity index (χ3n) is 3.86. The van der Waals surface area contributed by atoms with Crippen LogP contribution in [0.1, 0.15) is 24.8 Å². The maximum Gasteiger partial charge on any atom is 0.334 e. The van der Waals surface area contributed by atoms with Gasteiger partial charge in [-0.2, -0.15) is 0 Å². The molecule has 0 radical (unpaired) electrons. The Kier molecular flexibility index (Phi) is 7.39. The first-order valence-corrected chi connectivity index (χ1v) is 9.35. The lowest BCUT2D eigenvalue weighted by molar-refractivity contribution is -0.384. The summed E-state index contributed by atoms with van der Waals surface area (Å²) in [4.78, 5) is 24.4. The molecule has 1 saturated heterocycles. The van der Waals surface area contributed by atoms with Crippen molar-refractivity contribution in [3.05, 3.63) is 45.5 Å². The number of nitro benzene ring substituents is 1. The van der Waals surface area contributed by atoms with Crippen molar-refractivity contribution in [2.75, 3.05) is 26.0 Å². The first-order chi connectivity index (χ1) is 12.0. The van der Waals surface area contributed by atoms with Crippen LogP contribution in [0, 0.1) is 10.1 Å². The molecule has 8 heteroatoms. The van der Waals surface area contributed by atoms with Crippen molar-refractivity contribution >= 4 is 46.0 Å². The molecule has 1 heterocycles. The molecule has 0 atom stereocenters. The summed E-state index contributed by atoms with van der Waals surface area (Å²) >= 11 is 6.90. The van der Waals surface area contributed by atoms with E-state index in [0.717, 1.165) is 30.3 Å². The van der Waals surface area contributed by atoms with Gasteiger partial charge in [0, 0.05) is 36.5 Å². The molecular weight excluding hydrogens is 360 g/mol. The van der Waals surface area contributed by atoms with Gasteiger partial charge in [0.1, 0.15) is 4.32 Å². The smallest absolute Gasteiger partial charge is 0.334 e. The van der Waals surface area contributed by atoms with Crippen molar-refractivity contribution in [1.29, 1.82) is 0 Å². The highest BCUT2D eigenvalue weighted by Gasteiger charge is 2.17. The van der Waals surface area contributed by atoms with Crippen LogP contribution in [-0.2, 0) is 9.53 Å². The minimum atomic E-state index is -0.457. The standard InChI is InChI=1S/C17H20N2O4S2/c1-23-16(20)14(11-13-5-7-15(8-6-13)19(21)22)12-25-17(24)18-9-3-2-4-10-18/h5-8,11H,2-4,9-10,12H2,1H3/b14-11+. The first-order valence-electron chi connectivity index (χ1n) is 7.96. The Labute approximate surface area is 156 Å². The molecule has 0 bridgehead atoms. The SMILES string of the molecule is COC(=O)/C(=C/c1ccc([N+](=O)[O-])cc1)CSC(=S)N1CCCCC1. The number of likely N-dealkylation sites (tertiary alicyclic amines) is 1. The third kappa shape index (κ3) is 5.82. The largest absolute Gasteiger partial charge is 0.466 e. The monoisotopic (exact) mass is 380 g/mol. The number of methoxy groups -OCH3 is 1. The predicted octanol–water partition coefficient (Wildman–Crippen LogP) is 3.66. The number of ether oxygens (including phenoxy) is 1. The number of piperidine rings is 1. The second-order valence-electron chi connectivity index (χ2n) is 5.61. The van der Waals surface area contributed by atoms with E-state index in [4.69, 9.17) is 17.0 Å². The number of non-ortho nitro benzene ring substituents is 1. The summed E-state index contributed by atoms with van der Waals surface area (Å²) in [7, 11) is 1.33. The quantitative estimate of drug-likeness (QED) is 0.254. The van der Waals surface area contributed by atoms with Crippen molar-refractivity contribution in [3.8, 4) is 0 Å². The molecule has 0 aromatic heterocycles. The number of rotatable bonds is 5. The van der Waals surface area contributed by atoms with E-state index in [1.165, 1.54) is 37.4 Å². The van der Waals surface area contributed by atoms with Crippen molar-refractivity contribution in [2.45, 2.75) is 19.3 Å². The van der Waals surface area contributed by atoms with Crippen LogP contribution in [0.2, 0.25) is 0 Å². The van der Waals surface area contributed by atoms with Crippen molar-refractivity contribution in [3.63, 3.8) is 0 Å². The molecule has 1 aromatic rings. The summed E-state index contributed by atoms with van der Waals surface area (Å²) in [5.74, 6) is -0.0220. The Balaban J connectivity index is 2.06. The van der Waals surface area contributed by atoms with Gasteiger partial charge in [-0.25, -0.2) is 4.79 Å². The lowest BCUT2D eigenvalue weighted by Crippen LogP contribution is -2.33. The van der Waals surface area contributed by atoms with E-state index in [2.05, 4.69) is 4.90 Å². The maximum atomic E-state index is 12.0. The number of nitrogens with zero attached hydrogens (tertiary/aromatic N) is 2. The zero-order chi connectivity index (χ0) is 18.2. The van der Waals surface area contributed by atoms with Gasteiger partial charge in [-0.05, 0) is 43.0 Å². The Bertz CT molecular complexity index is 668. The summed E-state index contributed by atoms with van der Waals surface area (Å²) < 4.78 is 5.63. The molecule has 0 N–H and O–H groups in total. The van der Waals surface area contributed by atoms with Gasteiger partial charge < -0.3 is 9.64 Å². The molecule has 0 amide bonds. The summed E-state index contributed by atoms with van der Waals surface area (Å²) in [6, 6.07) is 6.03. The van der Waals surface area contributed by atoms with Gasteiger partial charge in [-0.3, -0.25) is 10.1 Å². The number of nitro groups is 1. The average molecular weight is 380 g/mol. The number of carbonyl (C=O) groups is 1. The van der Waals surface area contributed by atoms with E-state index in [-0.39, 0.29) is 5.69 Å². The number of benzene rings is 1. The van der Waals surface area contributed by atoms with E-state index in [9.17, 15) is 14.9 Å². The van der Waals surface area contributed by atoms with E-state index in [1.807, 2.05) is 0 Å². The lowest BCUT2D eigenvalue weighted by Gasteiger charge is -2.28. The van der Waals surface area contributed by atoms with Gasteiger partial charge in [0.25, 0.3) is 5.69 Å². The second kappa shape index (κ2) is 9.53. The molecule has 134 valence electrons. The first kappa shape index (κ1) is 19.4. The third-order valence-corrected chi connectivity index (χ3v) is 5.43. The highest BCUT2D eigenvalue weighted by molar-refractivity contribution is 8.23. The summed E-state index contributed by atoms with van der Waals surface area (Å²) in [5.41, 5.74) is 1.19. The fourth-order valence-electron chi connectivity index (χ4n) is 2.49. The summed E-state index contributed by atoms with van der Waals surface area (Å²) in [6.07, 6.45) is 5.20. The number of hydrogen-bond donors (Lipinski definition) is 0. The maximum absolute atomic E-state index is 12.0. The van der Waals surface area contributed by atoms with Gasteiger partial charge >= 0.3 is 5.97 Å². The van der Waals surface area contributed by atoms with Gasteiger partial charge in [-0.15, -0.1) is 0 Å². The Morgan fingerprint density at radius 1 is 1.32 bits per heavy atom. The van der Waals surface area contributed by atoms with Crippen molar-refractivity contribution in [2.24, 2.45) is 0 Å². The number of thioether (sulfide) groups is 1. The molecule has 1 aliphatic rings. The zero-order valence-corrected chi connectivity index (χ0v) is 15.6. The van der Waals surface area contributed by atoms with Gasteiger partial charge in [0.15, 0.2) is 0 Å². The predicted molar refractivity (Wildman–Crippen MR) is 104 cm³/mol. The Morgan fingerprint density at radius 3 is 2.52 bits per heavy atom. The molecule has 1 fully saturated rings. The molecule has 1 aliphatic heterocycles. The van der Waals surface area contributed by atoms with Crippen LogP contribution < -0.4 is 0 Å². The topological polar surface area (TPSA) is 72.7 Å². The van der Waals surface area contributed by atoms with E-state index in [1.54, 1.807) is 18.2 Å². The normalized spacial score (nSPS) is 14.9. The highest BCUT2D eigenvalue weighted by atomic mass is 32.2. The Morgan fingerprint density at radius 2 is 1.96 bits per heavy atom. The van der Waals surface area contributed by atoms with Crippen LogP contribution in [0.25, 0.3) is 6.08 Å². The molecule has 0 unspecified atom stereocenters. The molecule has 0 aliphatic carbocycles. The fourth-order valence-corrected chi connectivity index (χ4v) is 3.70. The van der Waals surface area contributed by atoms with Crippen molar-refractivity contribution in [1.82, 2.24) is 4.90 Å². The van der Waals surface area contributed by atoms with Crippen LogP contribution in [0.3, 0.4) is 0 Å². The molecule has 25 heavy (non-hydrogen) atoms. The molecule has 1 aromatic carbocycles. The van der Waals surface area contributed by atoms with Crippen molar-refractivity contribution < 1.29 is 14.5 Å². The summed E-state index contributed by atoms with van der Waals surface area (Å²) in [6.45, 7) is 1.93. The van der Waals surface area contributed by atoms with E-state index in [0.29, 0.717) is 16.9 Å². The summed E-state index contributed by atoms with van der Waals surface area (Å²) in [5, 5.41) is 10.7. The van der Waals surface area contributed by atoms with Gasteiger partial charge in [-0.1, -0.05) is 24.0 Å². The molecule has 6 nitrogen and oxygen atoms in total. The highest BCUT2D eigenvalue weighted by Crippen LogP contribution is 2.21. The second-order valence-corrected chi connectivity index (χ2v) is 7.22. The van der Waals surface area contributed by atoms with Crippen LogP contribution in [0.4, 0.5) is 5.69 Å². The number of carbonyl (C=O) groups excluding carboxylic acids is 1. The average Bonchev–Trinajstić information content (AvgIpc) is 2.65. The number of thiocarbonyl (C=S) groups is 1. The van der Waals surface area contributed by atoms with Gasteiger partial charge in [0.05, 0.1) is 12.0 Å². The zero-order valence-electron chi connectivity index (χ0n) is 14.0. The van der Waals surface area contributed by atoms with Crippen LogP contribution in [0.15, 0.2) is 29.8 Å².